The summed E-state index contributed by atoms with van der Waals surface area (Å²) in [5, 5.41) is 7.91. The molecule has 3 aromatic rings. The molecule has 0 bridgehead atoms. The molecule has 0 radical (unpaired) electrons. The van der Waals surface area contributed by atoms with E-state index in [4.69, 9.17) is 5.10 Å². The normalized spacial score (nSPS) is 16.3. The number of nitrogens with one attached hydrogen (secondary N) is 1. The predicted octanol–water partition coefficient (Wildman–Crippen LogP) is 3.43. The Kier molecular flexibility index (Phi) is 5.71. The predicted molar refractivity (Wildman–Crippen MR) is 111 cm³/mol. The first-order valence-corrected chi connectivity index (χ1v) is 9.99. The van der Waals surface area contributed by atoms with E-state index in [9.17, 15) is 9.18 Å². The highest BCUT2D eigenvalue weighted by molar-refractivity contribution is 5.82. The highest BCUT2D eigenvalue weighted by Gasteiger charge is 2.29. The Labute approximate surface area is 170 Å². The summed E-state index contributed by atoms with van der Waals surface area (Å²) in [6.07, 6.45) is 4.25. The molecule has 1 amide bonds. The van der Waals surface area contributed by atoms with Gasteiger partial charge in [-0.3, -0.25) is 4.79 Å². The summed E-state index contributed by atoms with van der Waals surface area (Å²) < 4.78 is 15.2. The summed E-state index contributed by atoms with van der Waals surface area (Å²) in [5.41, 5.74) is 3.29. The molecule has 2 heterocycles. The smallest absolute Gasteiger partial charge is 0.227 e. The Morgan fingerprint density at radius 2 is 1.93 bits per heavy atom. The molecule has 1 aliphatic heterocycles. The van der Waals surface area contributed by atoms with Crippen molar-refractivity contribution in [3.8, 4) is 16.9 Å². The summed E-state index contributed by atoms with van der Waals surface area (Å²) in [6.45, 7) is 1.60. The van der Waals surface area contributed by atoms with E-state index < -0.39 is 0 Å². The van der Waals surface area contributed by atoms with Crippen LogP contribution in [0, 0.1) is 5.82 Å². The maximum Gasteiger partial charge on any atom is 0.227 e. The molecule has 0 aliphatic carbocycles. The van der Waals surface area contributed by atoms with Crippen molar-refractivity contribution in [1.29, 1.82) is 0 Å². The van der Waals surface area contributed by atoms with Gasteiger partial charge in [0, 0.05) is 36.5 Å². The van der Waals surface area contributed by atoms with Crippen molar-refractivity contribution in [3.05, 3.63) is 72.2 Å². The summed E-state index contributed by atoms with van der Waals surface area (Å²) >= 11 is 0. The van der Waals surface area contributed by atoms with Crippen LogP contribution < -0.4 is 5.32 Å². The quantitative estimate of drug-likeness (QED) is 0.699. The minimum Gasteiger partial charge on any atom is -0.338 e. The van der Waals surface area contributed by atoms with Crippen LogP contribution in [-0.2, 0) is 11.2 Å². The molecule has 0 saturated carbocycles. The van der Waals surface area contributed by atoms with E-state index in [0.717, 1.165) is 42.7 Å². The van der Waals surface area contributed by atoms with Crippen molar-refractivity contribution < 1.29 is 9.18 Å². The third kappa shape index (κ3) is 4.22. The molecular weight excluding hydrogens is 367 g/mol. The molecule has 1 unspecified atom stereocenters. The van der Waals surface area contributed by atoms with Crippen molar-refractivity contribution in [2.24, 2.45) is 0 Å². The number of nitrogens with zero attached hydrogens (tertiary/aromatic N) is 3. The van der Waals surface area contributed by atoms with E-state index >= 15 is 0 Å². The number of halogens is 1. The topological polar surface area (TPSA) is 50.2 Å². The first kappa shape index (κ1) is 19.3. The van der Waals surface area contributed by atoms with Gasteiger partial charge in [-0.1, -0.05) is 18.2 Å². The van der Waals surface area contributed by atoms with Crippen LogP contribution in [0.5, 0.6) is 0 Å². The van der Waals surface area contributed by atoms with Crippen LogP contribution in [0.1, 0.15) is 18.4 Å². The molecule has 1 aromatic heterocycles. The lowest BCUT2D eigenvalue weighted by Gasteiger charge is -2.24. The number of amides is 1. The van der Waals surface area contributed by atoms with Gasteiger partial charge in [-0.15, -0.1) is 0 Å². The van der Waals surface area contributed by atoms with E-state index in [0.29, 0.717) is 5.69 Å². The zero-order valence-electron chi connectivity index (χ0n) is 16.5. The Bertz CT molecular complexity index is 968. The van der Waals surface area contributed by atoms with Gasteiger partial charge in [0.05, 0.1) is 17.8 Å². The average Bonchev–Trinajstić information content (AvgIpc) is 3.37. The Morgan fingerprint density at radius 3 is 2.66 bits per heavy atom. The van der Waals surface area contributed by atoms with Crippen LogP contribution in [0.15, 0.2) is 60.8 Å². The fourth-order valence-electron chi connectivity index (χ4n) is 3.98. The standard InChI is InChI=1S/C23H25FN4O/c1-25-15-21-8-5-13-27(21)22(29)14-18-16-28(20-6-3-2-4-7-20)26-23(18)17-9-11-19(24)12-10-17/h2-4,6-7,9-12,16,21,25H,5,8,13-15H2,1H3. The lowest BCUT2D eigenvalue weighted by molar-refractivity contribution is -0.131. The molecule has 1 fully saturated rings. The minimum absolute atomic E-state index is 0.110. The SMILES string of the molecule is CNCC1CCCN1C(=O)Cc1cn(-c2ccccc2)nc1-c1ccc(F)cc1. The number of rotatable bonds is 6. The van der Waals surface area contributed by atoms with Gasteiger partial charge in [0.15, 0.2) is 0 Å². The van der Waals surface area contributed by atoms with Crippen molar-refractivity contribution in [3.63, 3.8) is 0 Å². The Balaban J connectivity index is 1.66. The van der Waals surface area contributed by atoms with Gasteiger partial charge in [0.25, 0.3) is 0 Å². The van der Waals surface area contributed by atoms with Crippen LogP contribution in [-0.4, -0.2) is 46.8 Å². The molecule has 1 aliphatic rings. The molecular formula is C23H25FN4O. The van der Waals surface area contributed by atoms with Crippen LogP contribution in [0.4, 0.5) is 4.39 Å². The third-order valence-corrected chi connectivity index (χ3v) is 5.41. The lowest BCUT2D eigenvalue weighted by Crippen LogP contribution is -2.41. The van der Waals surface area contributed by atoms with E-state index in [1.54, 1.807) is 16.8 Å². The van der Waals surface area contributed by atoms with Crippen molar-refractivity contribution in [2.45, 2.75) is 25.3 Å². The zero-order chi connectivity index (χ0) is 20.2. The molecule has 29 heavy (non-hydrogen) atoms. The van der Waals surface area contributed by atoms with Gasteiger partial charge in [0.1, 0.15) is 5.82 Å². The van der Waals surface area contributed by atoms with Gasteiger partial charge < -0.3 is 10.2 Å². The summed E-state index contributed by atoms with van der Waals surface area (Å²) in [5.74, 6) is -0.181. The molecule has 1 N–H and O–H groups in total. The van der Waals surface area contributed by atoms with Crippen LogP contribution in [0.3, 0.4) is 0 Å². The number of hydrogen-bond donors (Lipinski definition) is 1. The van der Waals surface area contributed by atoms with Crippen LogP contribution in [0.25, 0.3) is 16.9 Å². The number of aromatic nitrogens is 2. The van der Waals surface area contributed by atoms with Gasteiger partial charge in [-0.2, -0.15) is 5.10 Å². The third-order valence-electron chi connectivity index (χ3n) is 5.41. The number of likely N-dealkylation sites (N-methyl/N-ethyl adjacent to an activating group) is 1. The summed E-state index contributed by atoms with van der Waals surface area (Å²) in [6, 6.07) is 16.3. The highest BCUT2D eigenvalue weighted by atomic mass is 19.1. The molecule has 1 atom stereocenters. The zero-order valence-corrected chi connectivity index (χ0v) is 16.5. The Morgan fingerprint density at radius 1 is 1.17 bits per heavy atom. The average molecular weight is 392 g/mol. The molecule has 4 rings (SSSR count). The molecule has 5 nitrogen and oxygen atoms in total. The molecule has 150 valence electrons. The number of hydrogen-bond acceptors (Lipinski definition) is 3. The maximum atomic E-state index is 13.4. The molecule has 2 aromatic carbocycles. The first-order valence-electron chi connectivity index (χ1n) is 9.99. The second-order valence-corrected chi connectivity index (χ2v) is 7.41. The van der Waals surface area contributed by atoms with Gasteiger partial charge in [-0.25, -0.2) is 9.07 Å². The van der Waals surface area contributed by atoms with E-state index in [1.807, 2.05) is 48.5 Å². The number of carbonyl (C=O) groups is 1. The van der Waals surface area contributed by atoms with Crippen LogP contribution in [0.2, 0.25) is 0 Å². The Hall–Kier alpha value is -2.99. The van der Waals surface area contributed by atoms with Gasteiger partial charge in [-0.05, 0) is 56.3 Å². The van der Waals surface area contributed by atoms with Crippen molar-refractivity contribution >= 4 is 5.91 Å². The minimum atomic E-state index is -0.291. The largest absolute Gasteiger partial charge is 0.338 e. The highest BCUT2D eigenvalue weighted by Crippen LogP contribution is 2.26. The number of carbonyl (C=O) groups excluding carboxylic acids is 1. The van der Waals surface area contributed by atoms with E-state index in [2.05, 4.69) is 5.32 Å². The summed E-state index contributed by atoms with van der Waals surface area (Å²) in [4.78, 5) is 15.1. The number of likely N-dealkylation sites (tertiary alicyclic amines) is 1. The lowest BCUT2D eigenvalue weighted by atomic mass is 10.1. The molecule has 1 saturated heterocycles. The number of para-hydroxylation sites is 1. The second kappa shape index (κ2) is 8.57. The number of benzene rings is 2. The van der Waals surface area contributed by atoms with Gasteiger partial charge >= 0.3 is 0 Å². The van der Waals surface area contributed by atoms with Crippen LogP contribution >= 0.6 is 0 Å². The monoisotopic (exact) mass is 392 g/mol. The first-order chi connectivity index (χ1) is 14.2. The maximum absolute atomic E-state index is 13.4. The summed E-state index contributed by atoms with van der Waals surface area (Å²) in [7, 11) is 1.91. The van der Waals surface area contributed by atoms with E-state index in [1.165, 1.54) is 12.1 Å². The van der Waals surface area contributed by atoms with Gasteiger partial charge in [0.2, 0.25) is 5.91 Å². The fourth-order valence-corrected chi connectivity index (χ4v) is 3.98. The van der Waals surface area contributed by atoms with E-state index in [-0.39, 0.29) is 24.2 Å². The molecule has 6 heteroatoms. The fraction of sp³-hybridized carbons (Fsp3) is 0.304. The molecule has 0 spiro atoms. The second-order valence-electron chi connectivity index (χ2n) is 7.41. The van der Waals surface area contributed by atoms with Crippen molar-refractivity contribution in [1.82, 2.24) is 20.0 Å². The van der Waals surface area contributed by atoms with Crippen molar-refractivity contribution in [2.75, 3.05) is 20.1 Å².